The minimum atomic E-state index is -2.82. The van der Waals surface area contributed by atoms with Crippen LogP contribution in [0.25, 0.3) is 0 Å². The highest BCUT2D eigenvalue weighted by molar-refractivity contribution is 7.91. The summed E-state index contributed by atoms with van der Waals surface area (Å²) in [5, 5.41) is 3.31. The minimum Gasteiger partial charge on any atom is -0.377 e. The van der Waals surface area contributed by atoms with E-state index in [1.807, 2.05) is 0 Å². The van der Waals surface area contributed by atoms with Crippen molar-refractivity contribution >= 4 is 9.84 Å². The maximum Gasteiger partial charge on any atom is 0.153 e. The van der Waals surface area contributed by atoms with Gasteiger partial charge in [-0.1, -0.05) is 0 Å². The first kappa shape index (κ1) is 15.2. The Morgan fingerprint density at radius 2 is 2.26 bits per heavy atom. The van der Waals surface area contributed by atoms with Gasteiger partial charge in [-0.2, -0.15) is 0 Å². The van der Waals surface area contributed by atoms with Gasteiger partial charge in [-0.25, -0.2) is 8.42 Å². The summed E-state index contributed by atoms with van der Waals surface area (Å²) in [5.74, 6) is 0.581. The number of hydrogen-bond donors (Lipinski definition) is 1. The Morgan fingerprint density at radius 1 is 1.47 bits per heavy atom. The van der Waals surface area contributed by atoms with Gasteiger partial charge in [0.1, 0.15) is 0 Å². The SMILES string of the molecule is COC1(C)CCCN(CCC2CS(=O)(=O)CCN2)C1. The molecule has 6 heteroatoms. The topological polar surface area (TPSA) is 58.6 Å². The van der Waals surface area contributed by atoms with Crippen molar-refractivity contribution in [3.05, 3.63) is 0 Å². The van der Waals surface area contributed by atoms with Gasteiger partial charge in [-0.3, -0.25) is 0 Å². The zero-order valence-corrected chi connectivity index (χ0v) is 12.8. The largest absolute Gasteiger partial charge is 0.377 e. The zero-order valence-electron chi connectivity index (χ0n) is 12.0. The van der Waals surface area contributed by atoms with Crippen LogP contribution in [0.15, 0.2) is 0 Å². The third-order valence-electron chi connectivity index (χ3n) is 4.33. The van der Waals surface area contributed by atoms with Crippen LogP contribution in [0.4, 0.5) is 0 Å². The van der Waals surface area contributed by atoms with Crippen LogP contribution >= 0.6 is 0 Å². The molecule has 2 saturated heterocycles. The summed E-state index contributed by atoms with van der Waals surface area (Å²) >= 11 is 0. The van der Waals surface area contributed by atoms with Gasteiger partial charge in [0, 0.05) is 26.2 Å². The van der Waals surface area contributed by atoms with Gasteiger partial charge in [0.05, 0.1) is 17.1 Å². The molecular formula is C13H26N2O3S. The summed E-state index contributed by atoms with van der Waals surface area (Å²) in [6.45, 7) is 5.75. The molecule has 0 bridgehead atoms. The zero-order chi connectivity index (χ0) is 13.9. The lowest BCUT2D eigenvalue weighted by Gasteiger charge is -2.40. The molecule has 0 spiro atoms. The highest BCUT2D eigenvalue weighted by Crippen LogP contribution is 2.24. The molecular weight excluding hydrogens is 264 g/mol. The number of piperidine rings is 1. The van der Waals surface area contributed by atoms with Crippen molar-refractivity contribution in [1.82, 2.24) is 10.2 Å². The van der Waals surface area contributed by atoms with E-state index in [1.54, 1.807) is 7.11 Å². The Morgan fingerprint density at radius 3 is 2.95 bits per heavy atom. The maximum atomic E-state index is 11.6. The molecule has 1 N–H and O–H groups in total. The van der Waals surface area contributed by atoms with E-state index in [0.29, 0.717) is 12.3 Å². The molecule has 2 rings (SSSR count). The lowest BCUT2D eigenvalue weighted by molar-refractivity contribution is -0.0511. The third kappa shape index (κ3) is 4.41. The lowest BCUT2D eigenvalue weighted by atomic mass is 9.94. The van der Waals surface area contributed by atoms with Crippen LogP contribution < -0.4 is 5.32 Å². The molecule has 2 fully saturated rings. The van der Waals surface area contributed by atoms with Crippen molar-refractivity contribution in [3.8, 4) is 0 Å². The van der Waals surface area contributed by atoms with Crippen molar-refractivity contribution < 1.29 is 13.2 Å². The first-order chi connectivity index (χ1) is 8.92. The van der Waals surface area contributed by atoms with Crippen molar-refractivity contribution in [1.29, 1.82) is 0 Å². The first-order valence-electron chi connectivity index (χ1n) is 7.14. The molecule has 0 aromatic rings. The Balaban J connectivity index is 1.79. The number of likely N-dealkylation sites (tertiary alicyclic amines) is 1. The Bertz CT molecular complexity index is 399. The summed E-state index contributed by atoms with van der Waals surface area (Å²) in [6, 6.07) is 0.120. The predicted molar refractivity (Wildman–Crippen MR) is 76.1 cm³/mol. The van der Waals surface area contributed by atoms with E-state index in [9.17, 15) is 8.42 Å². The van der Waals surface area contributed by atoms with Crippen LogP contribution in [0, 0.1) is 0 Å². The van der Waals surface area contributed by atoms with Crippen molar-refractivity contribution in [2.75, 3.05) is 44.8 Å². The average molecular weight is 290 g/mol. The molecule has 2 aliphatic heterocycles. The fraction of sp³-hybridized carbons (Fsp3) is 1.00. The molecule has 19 heavy (non-hydrogen) atoms. The van der Waals surface area contributed by atoms with Crippen molar-refractivity contribution in [2.45, 2.75) is 37.8 Å². The molecule has 0 amide bonds. The summed E-state index contributed by atoms with van der Waals surface area (Å²) in [7, 11) is -1.04. The number of nitrogens with one attached hydrogen (secondary N) is 1. The molecule has 2 atom stereocenters. The Labute approximate surface area is 116 Å². The van der Waals surface area contributed by atoms with Gasteiger partial charge in [-0.15, -0.1) is 0 Å². The number of ether oxygens (including phenoxy) is 1. The molecule has 0 radical (unpaired) electrons. The van der Waals surface area contributed by atoms with Gasteiger partial charge in [0.2, 0.25) is 0 Å². The van der Waals surface area contributed by atoms with Gasteiger partial charge < -0.3 is 15.0 Å². The van der Waals surface area contributed by atoms with Gasteiger partial charge >= 0.3 is 0 Å². The molecule has 2 unspecified atom stereocenters. The van der Waals surface area contributed by atoms with E-state index < -0.39 is 9.84 Å². The van der Waals surface area contributed by atoms with Crippen LogP contribution in [0.5, 0.6) is 0 Å². The molecule has 0 aromatic carbocycles. The van der Waals surface area contributed by atoms with E-state index in [2.05, 4.69) is 17.1 Å². The molecule has 2 heterocycles. The number of methoxy groups -OCH3 is 1. The van der Waals surface area contributed by atoms with Crippen molar-refractivity contribution in [2.24, 2.45) is 0 Å². The summed E-state index contributed by atoms with van der Waals surface area (Å²) in [4.78, 5) is 2.40. The molecule has 112 valence electrons. The van der Waals surface area contributed by atoms with Crippen LogP contribution in [0.3, 0.4) is 0 Å². The van der Waals surface area contributed by atoms with Gasteiger partial charge in [0.25, 0.3) is 0 Å². The highest BCUT2D eigenvalue weighted by atomic mass is 32.2. The molecule has 5 nitrogen and oxygen atoms in total. The minimum absolute atomic E-state index is 0.0374. The average Bonchev–Trinajstić information content (AvgIpc) is 2.36. The van der Waals surface area contributed by atoms with Gasteiger partial charge in [-0.05, 0) is 39.3 Å². The summed E-state index contributed by atoms with van der Waals surface area (Å²) in [5.41, 5.74) is -0.0374. The van der Waals surface area contributed by atoms with E-state index >= 15 is 0 Å². The van der Waals surface area contributed by atoms with Crippen LogP contribution in [-0.2, 0) is 14.6 Å². The summed E-state index contributed by atoms with van der Waals surface area (Å²) in [6.07, 6.45) is 3.16. The third-order valence-corrected chi connectivity index (χ3v) is 6.06. The highest BCUT2D eigenvalue weighted by Gasteiger charge is 2.31. The van der Waals surface area contributed by atoms with Crippen LogP contribution in [0.2, 0.25) is 0 Å². The second-order valence-corrected chi connectivity index (χ2v) is 8.32. The Hall–Kier alpha value is -0.170. The second-order valence-electron chi connectivity index (χ2n) is 6.09. The standard InChI is InChI=1S/C13H26N2O3S/c1-13(18-2)5-3-7-15(11-13)8-4-12-10-19(16,17)9-6-14-12/h12,14H,3-11H2,1-2H3. The van der Waals surface area contributed by atoms with Gasteiger partial charge in [0.15, 0.2) is 9.84 Å². The fourth-order valence-electron chi connectivity index (χ4n) is 3.06. The molecule has 0 aliphatic carbocycles. The molecule has 0 aromatic heterocycles. The van der Waals surface area contributed by atoms with Crippen LogP contribution in [0.1, 0.15) is 26.2 Å². The van der Waals surface area contributed by atoms with Crippen LogP contribution in [-0.4, -0.2) is 69.8 Å². The predicted octanol–water partition coefficient (Wildman–Crippen LogP) is 0.264. The second kappa shape index (κ2) is 6.08. The maximum absolute atomic E-state index is 11.6. The van der Waals surface area contributed by atoms with E-state index in [4.69, 9.17) is 4.74 Å². The number of sulfone groups is 1. The number of rotatable bonds is 4. The van der Waals surface area contributed by atoms with E-state index in [1.165, 1.54) is 0 Å². The monoisotopic (exact) mass is 290 g/mol. The normalized spacial score (nSPS) is 36.2. The van der Waals surface area contributed by atoms with E-state index in [-0.39, 0.29) is 17.4 Å². The first-order valence-corrected chi connectivity index (χ1v) is 8.96. The Kier molecular flexibility index (Phi) is 4.87. The smallest absolute Gasteiger partial charge is 0.153 e. The van der Waals surface area contributed by atoms with E-state index in [0.717, 1.165) is 38.9 Å². The lowest BCUT2D eigenvalue weighted by Crippen LogP contribution is -2.50. The number of hydrogen-bond acceptors (Lipinski definition) is 5. The van der Waals surface area contributed by atoms with Crippen molar-refractivity contribution in [3.63, 3.8) is 0 Å². The number of nitrogens with zero attached hydrogens (tertiary/aromatic N) is 1. The molecule has 2 aliphatic rings. The molecule has 0 saturated carbocycles. The summed E-state index contributed by atoms with van der Waals surface area (Å²) < 4.78 is 28.8. The quantitative estimate of drug-likeness (QED) is 0.805. The fourth-order valence-corrected chi connectivity index (χ4v) is 4.55.